The standard InChI is InChI=1S/C36H58F2S2/c1-23(2)13-11-15-27(9)17-19-35(20-18-28(10)16-12-14-24(3)4)29-21-31(25(5)6)39-33(29)34-30(36(35,37)38)22-32(40-34)26(7)8/h21-28H,11-20H2,1-10H3. The average molecular weight is 593 g/mol. The van der Waals surface area contributed by atoms with Gasteiger partial charge in [0, 0.05) is 20.2 Å². The van der Waals surface area contributed by atoms with E-state index in [0.29, 0.717) is 48.0 Å². The maximum absolute atomic E-state index is 17.3. The fourth-order valence-corrected chi connectivity index (χ4v) is 9.09. The average Bonchev–Trinajstić information content (AvgIpc) is 3.49. The van der Waals surface area contributed by atoms with E-state index >= 15 is 8.78 Å². The van der Waals surface area contributed by atoms with Crippen molar-refractivity contribution in [2.24, 2.45) is 23.7 Å². The molecule has 40 heavy (non-hydrogen) atoms. The van der Waals surface area contributed by atoms with Gasteiger partial charge in [0.15, 0.2) is 0 Å². The molecule has 0 amide bonds. The van der Waals surface area contributed by atoms with E-state index in [-0.39, 0.29) is 5.92 Å². The Morgan fingerprint density at radius 1 is 0.575 bits per heavy atom. The van der Waals surface area contributed by atoms with Gasteiger partial charge in [-0.15, -0.1) is 22.7 Å². The minimum absolute atomic E-state index is 0.260. The van der Waals surface area contributed by atoms with Crippen LogP contribution in [0.5, 0.6) is 0 Å². The molecule has 4 heteroatoms. The Balaban J connectivity index is 2.03. The first-order valence-electron chi connectivity index (χ1n) is 16.4. The fraction of sp³-hybridized carbons (Fsp3) is 0.778. The molecule has 0 fully saturated rings. The van der Waals surface area contributed by atoms with Gasteiger partial charge in [0.2, 0.25) is 0 Å². The molecule has 1 aliphatic carbocycles. The number of thiophene rings is 2. The number of hydrogen-bond acceptors (Lipinski definition) is 2. The molecule has 0 N–H and O–H groups in total. The maximum atomic E-state index is 17.3. The molecule has 2 unspecified atom stereocenters. The molecule has 1 aliphatic rings. The van der Waals surface area contributed by atoms with Gasteiger partial charge in [0.05, 0.1) is 10.3 Å². The highest BCUT2D eigenvalue weighted by Crippen LogP contribution is 2.64. The van der Waals surface area contributed by atoms with Crippen molar-refractivity contribution in [1.29, 1.82) is 0 Å². The molecule has 0 spiro atoms. The van der Waals surface area contributed by atoms with Crippen LogP contribution in [0.2, 0.25) is 0 Å². The molecule has 2 aromatic heterocycles. The summed E-state index contributed by atoms with van der Waals surface area (Å²) in [4.78, 5) is 4.36. The van der Waals surface area contributed by atoms with Crippen LogP contribution < -0.4 is 0 Å². The van der Waals surface area contributed by atoms with E-state index in [4.69, 9.17) is 0 Å². The molecular weight excluding hydrogens is 535 g/mol. The summed E-state index contributed by atoms with van der Waals surface area (Å²) in [6.45, 7) is 22.4. The van der Waals surface area contributed by atoms with Crippen LogP contribution in [0, 0.1) is 23.7 Å². The summed E-state index contributed by atoms with van der Waals surface area (Å²) in [5, 5.41) is 0. The van der Waals surface area contributed by atoms with E-state index in [1.165, 1.54) is 30.6 Å². The zero-order chi connectivity index (χ0) is 29.8. The molecule has 0 nitrogen and oxygen atoms in total. The van der Waals surface area contributed by atoms with Gasteiger partial charge in [0.25, 0.3) is 5.92 Å². The summed E-state index contributed by atoms with van der Waals surface area (Å²) >= 11 is 3.41. The van der Waals surface area contributed by atoms with Crippen LogP contribution in [0.1, 0.15) is 166 Å². The molecule has 0 aliphatic heterocycles. The molecule has 228 valence electrons. The minimum Gasteiger partial charge on any atom is -0.200 e. The fourth-order valence-electron chi connectivity index (χ4n) is 6.47. The highest BCUT2D eigenvalue weighted by molar-refractivity contribution is 7.22. The van der Waals surface area contributed by atoms with E-state index in [1.807, 2.05) is 6.07 Å². The van der Waals surface area contributed by atoms with E-state index in [2.05, 4.69) is 75.3 Å². The van der Waals surface area contributed by atoms with E-state index < -0.39 is 11.3 Å². The molecular formula is C36H58F2S2. The Hall–Kier alpha value is -0.740. The number of rotatable bonds is 16. The van der Waals surface area contributed by atoms with Gasteiger partial charge in [-0.1, -0.05) is 108 Å². The summed E-state index contributed by atoms with van der Waals surface area (Å²) in [5.41, 5.74) is 0.179. The summed E-state index contributed by atoms with van der Waals surface area (Å²) in [5.74, 6) is 0.0921. The van der Waals surface area contributed by atoms with Crippen molar-refractivity contribution in [2.45, 2.75) is 157 Å². The molecule has 0 saturated carbocycles. The van der Waals surface area contributed by atoms with Crippen LogP contribution in [0.4, 0.5) is 8.78 Å². The Bertz CT molecular complexity index is 1030. The lowest BCUT2D eigenvalue weighted by Crippen LogP contribution is -2.46. The number of hydrogen-bond donors (Lipinski definition) is 0. The van der Waals surface area contributed by atoms with Gasteiger partial charge < -0.3 is 0 Å². The second-order valence-corrected chi connectivity index (χ2v) is 16.9. The lowest BCUT2D eigenvalue weighted by molar-refractivity contribution is -0.0994. The molecule has 0 bridgehead atoms. The van der Waals surface area contributed by atoms with Gasteiger partial charge in [-0.2, -0.15) is 0 Å². The van der Waals surface area contributed by atoms with Gasteiger partial charge in [-0.25, -0.2) is 8.78 Å². The highest BCUT2D eigenvalue weighted by Gasteiger charge is 2.60. The second-order valence-electron chi connectivity index (χ2n) is 14.7. The van der Waals surface area contributed by atoms with Gasteiger partial charge in [-0.05, 0) is 78.9 Å². The largest absolute Gasteiger partial charge is 0.284 e. The van der Waals surface area contributed by atoms with Crippen LogP contribution in [-0.2, 0) is 11.3 Å². The number of alkyl halides is 2. The first-order chi connectivity index (χ1) is 18.7. The van der Waals surface area contributed by atoms with Gasteiger partial charge in [0.1, 0.15) is 0 Å². The Kier molecular flexibility index (Phi) is 11.9. The lowest BCUT2D eigenvalue weighted by Gasteiger charge is -2.45. The summed E-state index contributed by atoms with van der Waals surface area (Å²) < 4.78 is 34.6. The zero-order valence-corrected chi connectivity index (χ0v) is 28.9. The SMILES string of the molecule is CC(C)CCCC(C)CCC1(CCC(C)CCCC(C)C)c2cc(C(C)C)sc2-c2sc(C(C)C)cc2C1(F)F. The van der Waals surface area contributed by atoms with Gasteiger partial charge >= 0.3 is 0 Å². The van der Waals surface area contributed by atoms with Crippen LogP contribution in [-0.4, -0.2) is 0 Å². The van der Waals surface area contributed by atoms with Crippen molar-refractivity contribution in [3.63, 3.8) is 0 Å². The third-order valence-electron chi connectivity index (χ3n) is 9.39. The topological polar surface area (TPSA) is 0 Å². The van der Waals surface area contributed by atoms with Crippen molar-refractivity contribution in [2.75, 3.05) is 0 Å². The maximum Gasteiger partial charge on any atom is 0.284 e. The molecule has 2 heterocycles. The molecule has 2 aromatic rings. The molecule has 0 radical (unpaired) electrons. The minimum atomic E-state index is -2.86. The molecule has 0 aromatic carbocycles. The van der Waals surface area contributed by atoms with Gasteiger partial charge in [-0.3, -0.25) is 0 Å². The Morgan fingerprint density at radius 3 is 1.38 bits per heavy atom. The first-order valence-corrected chi connectivity index (χ1v) is 18.0. The van der Waals surface area contributed by atoms with Crippen molar-refractivity contribution in [1.82, 2.24) is 0 Å². The van der Waals surface area contributed by atoms with Crippen molar-refractivity contribution < 1.29 is 8.78 Å². The second kappa shape index (κ2) is 14.2. The first kappa shape index (κ1) is 33.8. The summed E-state index contributed by atoms with van der Waals surface area (Å²) in [7, 11) is 0. The van der Waals surface area contributed by atoms with E-state index in [0.717, 1.165) is 45.9 Å². The van der Waals surface area contributed by atoms with Crippen molar-refractivity contribution >= 4 is 22.7 Å². The Morgan fingerprint density at radius 2 is 0.975 bits per heavy atom. The monoisotopic (exact) mass is 592 g/mol. The normalized spacial score (nSPS) is 20.0. The van der Waals surface area contributed by atoms with E-state index in [9.17, 15) is 0 Å². The van der Waals surface area contributed by atoms with Crippen molar-refractivity contribution in [3.8, 4) is 9.75 Å². The third-order valence-corrected chi connectivity index (χ3v) is 12.4. The van der Waals surface area contributed by atoms with Crippen LogP contribution in [0.25, 0.3) is 9.75 Å². The number of fused-ring (bicyclic) bond motifs is 3. The number of halogens is 2. The van der Waals surface area contributed by atoms with Crippen LogP contribution in [0.3, 0.4) is 0 Å². The zero-order valence-electron chi connectivity index (χ0n) is 27.3. The highest BCUT2D eigenvalue weighted by atomic mass is 32.1. The quantitative estimate of drug-likeness (QED) is 0.182. The van der Waals surface area contributed by atoms with Crippen molar-refractivity contribution in [3.05, 3.63) is 33.0 Å². The van der Waals surface area contributed by atoms with Crippen LogP contribution >= 0.6 is 22.7 Å². The predicted octanol–water partition coefficient (Wildman–Crippen LogP) is 13.6. The summed E-state index contributed by atoms with van der Waals surface area (Å²) in [6.07, 6.45) is 10.0. The summed E-state index contributed by atoms with van der Waals surface area (Å²) in [6, 6.07) is 4.10. The van der Waals surface area contributed by atoms with Crippen LogP contribution in [0.15, 0.2) is 12.1 Å². The smallest absolute Gasteiger partial charge is 0.200 e. The predicted molar refractivity (Wildman–Crippen MR) is 176 cm³/mol. The lowest BCUT2D eigenvalue weighted by atomic mass is 9.62. The third kappa shape index (κ3) is 7.61. The molecule has 3 rings (SSSR count). The molecule has 2 atom stereocenters. The van der Waals surface area contributed by atoms with E-state index in [1.54, 1.807) is 22.7 Å². The Labute approximate surface area is 253 Å². The molecule has 0 saturated heterocycles.